The molecular formula is C16H25NO. The molecule has 0 saturated carbocycles. The molecule has 1 aromatic carbocycles. The van der Waals surface area contributed by atoms with Crippen molar-refractivity contribution in [1.82, 2.24) is 5.32 Å². The molecule has 100 valence electrons. The number of para-hydroxylation sites is 1. The van der Waals surface area contributed by atoms with Crippen LogP contribution in [0.3, 0.4) is 0 Å². The summed E-state index contributed by atoms with van der Waals surface area (Å²) >= 11 is 0. The molecule has 1 atom stereocenters. The molecule has 0 aliphatic carbocycles. The first-order valence-corrected chi connectivity index (χ1v) is 7.14. The van der Waals surface area contributed by atoms with Gasteiger partial charge in [-0.15, -0.1) is 0 Å². The molecule has 2 heteroatoms. The summed E-state index contributed by atoms with van der Waals surface area (Å²) in [6.45, 7) is 7.68. The van der Waals surface area contributed by atoms with Crippen molar-refractivity contribution in [2.75, 3.05) is 6.54 Å². The van der Waals surface area contributed by atoms with Gasteiger partial charge in [-0.2, -0.15) is 0 Å². The first kappa shape index (κ1) is 13.4. The van der Waals surface area contributed by atoms with Gasteiger partial charge in [0.2, 0.25) is 0 Å². The average Bonchev–Trinajstić information content (AvgIpc) is 2.33. The largest absolute Gasteiger partial charge is 0.487 e. The summed E-state index contributed by atoms with van der Waals surface area (Å²) in [6.07, 6.45) is 4.88. The summed E-state index contributed by atoms with van der Waals surface area (Å²) in [4.78, 5) is 0. The van der Waals surface area contributed by atoms with Crippen LogP contribution in [-0.2, 0) is 0 Å². The molecular weight excluding hydrogens is 222 g/mol. The Morgan fingerprint density at radius 2 is 2.06 bits per heavy atom. The first-order chi connectivity index (χ1) is 8.62. The van der Waals surface area contributed by atoms with Gasteiger partial charge in [-0.1, -0.05) is 38.0 Å². The highest BCUT2D eigenvalue weighted by molar-refractivity contribution is 5.38. The quantitative estimate of drug-likeness (QED) is 0.792. The average molecular weight is 247 g/mol. The zero-order valence-corrected chi connectivity index (χ0v) is 11.8. The molecule has 1 unspecified atom stereocenters. The van der Waals surface area contributed by atoms with E-state index in [1.807, 2.05) is 6.07 Å². The van der Waals surface area contributed by atoms with Crippen LogP contribution in [0.1, 0.15) is 58.1 Å². The van der Waals surface area contributed by atoms with Crippen molar-refractivity contribution in [3.8, 4) is 5.75 Å². The monoisotopic (exact) mass is 247 g/mol. The zero-order chi connectivity index (χ0) is 13.0. The van der Waals surface area contributed by atoms with Crippen LogP contribution in [-0.4, -0.2) is 12.1 Å². The molecule has 2 rings (SSSR count). The van der Waals surface area contributed by atoms with Crippen molar-refractivity contribution in [2.24, 2.45) is 0 Å². The van der Waals surface area contributed by atoms with E-state index in [0.29, 0.717) is 6.04 Å². The Balaban J connectivity index is 2.05. The highest BCUT2D eigenvalue weighted by Gasteiger charge is 2.32. The lowest BCUT2D eigenvalue weighted by Crippen LogP contribution is -2.39. The number of rotatable bonds is 5. The van der Waals surface area contributed by atoms with Gasteiger partial charge in [0.25, 0.3) is 0 Å². The Hall–Kier alpha value is -1.02. The molecule has 0 aromatic heterocycles. The Labute approximate surface area is 111 Å². The third-order valence-electron chi connectivity index (χ3n) is 3.55. The van der Waals surface area contributed by atoms with E-state index in [2.05, 4.69) is 44.3 Å². The minimum Gasteiger partial charge on any atom is -0.487 e. The predicted molar refractivity (Wildman–Crippen MR) is 76.0 cm³/mol. The van der Waals surface area contributed by atoms with E-state index < -0.39 is 0 Å². The standard InChI is InChI=1S/C16H25NO/c1-4-5-8-11-17-14-12-16(2,3)18-15-10-7-6-9-13(14)15/h6-7,9-10,14,17H,4-5,8,11-12H2,1-3H3. The minimum absolute atomic E-state index is 0.0726. The lowest BCUT2D eigenvalue weighted by atomic mass is 9.89. The summed E-state index contributed by atoms with van der Waals surface area (Å²) < 4.78 is 6.04. The Bertz CT molecular complexity index is 386. The maximum absolute atomic E-state index is 6.04. The molecule has 1 heterocycles. The van der Waals surface area contributed by atoms with Crippen molar-refractivity contribution < 1.29 is 4.74 Å². The number of benzene rings is 1. The van der Waals surface area contributed by atoms with Gasteiger partial charge in [0.05, 0.1) is 0 Å². The maximum Gasteiger partial charge on any atom is 0.124 e. The molecule has 0 bridgehead atoms. The molecule has 0 fully saturated rings. The second-order valence-corrected chi connectivity index (χ2v) is 5.82. The molecule has 0 saturated heterocycles. The SMILES string of the molecule is CCCCCNC1CC(C)(C)Oc2ccccc21. The van der Waals surface area contributed by atoms with Crippen LogP contribution in [0, 0.1) is 0 Å². The molecule has 0 radical (unpaired) electrons. The summed E-state index contributed by atoms with van der Waals surface area (Å²) in [7, 11) is 0. The number of unbranched alkanes of at least 4 members (excludes halogenated alkanes) is 2. The number of ether oxygens (including phenoxy) is 1. The van der Waals surface area contributed by atoms with Crippen molar-refractivity contribution in [3.63, 3.8) is 0 Å². The topological polar surface area (TPSA) is 21.3 Å². The van der Waals surface area contributed by atoms with Crippen LogP contribution in [0.4, 0.5) is 0 Å². The Kier molecular flexibility index (Phi) is 4.28. The van der Waals surface area contributed by atoms with Gasteiger partial charge >= 0.3 is 0 Å². The highest BCUT2D eigenvalue weighted by Crippen LogP contribution is 2.39. The van der Waals surface area contributed by atoms with Gasteiger partial charge in [-0.3, -0.25) is 0 Å². The Morgan fingerprint density at radius 1 is 1.28 bits per heavy atom. The fourth-order valence-corrected chi connectivity index (χ4v) is 2.64. The van der Waals surface area contributed by atoms with Crippen molar-refractivity contribution in [1.29, 1.82) is 0 Å². The van der Waals surface area contributed by atoms with Crippen LogP contribution in [0.5, 0.6) is 5.75 Å². The van der Waals surface area contributed by atoms with Gasteiger partial charge in [0.1, 0.15) is 11.4 Å². The molecule has 18 heavy (non-hydrogen) atoms. The molecule has 1 aliphatic heterocycles. The van der Waals surface area contributed by atoms with Crippen LogP contribution >= 0.6 is 0 Å². The van der Waals surface area contributed by atoms with E-state index in [4.69, 9.17) is 4.74 Å². The zero-order valence-electron chi connectivity index (χ0n) is 11.8. The highest BCUT2D eigenvalue weighted by atomic mass is 16.5. The lowest BCUT2D eigenvalue weighted by Gasteiger charge is -2.38. The van der Waals surface area contributed by atoms with E-state index in [1.165, 1.54) is 24.8 Å². The summed E-state index contributed by atoms with van der Waals surface area (Å²) in [5, 5.41) is 3.69. The number of nitrogens with one attached hydrogen (secondary N) is 1. The van der Waals surface area contributed by atoms with Crippen molar-refractivity contribution in [3.05, 3.63) is 29.8 Å². The number of fused-ring (bicyclic) bond motifs is 1. The second-order valence-electron chi connectivity index (χ2n) is 5.82. The van der Waals surface area contributed by atoms with Crippen LogP contribution < -0.4 is 10.1 Å². The normalized spacial score (nSPS) is 21.2. The van der Waals surface area contributed by atoms with Crippen molar-refractivity contribution >= 4 is 0 Å². The molecule has 1 N–H and O–H groups in total. The van der Waals surface area contributed by atoms with E-state index in [9.17, 15) is 0 Å². The fraction of sp³-hybridized carbons (Fsp3) is 0.625. The van der Waals surface area contributed by atoms with Gasteiger partial charge in [0, 0.05) is 18.0 Å². The van der Waals surface area contributed by atoms with E-state index in [0.717, 1.165) is 18.7 Å². The molecule has 1 aromatic rings. The molecule has 0 spiro atoms. The van der Waals surface area contributed by atoms with E-state index in [-0.39, 0.29) is 5.60 Å². The third kappa shape index (κ3) is 3.26. The molecule has 2 nitrogen and oxygen atoms in total. The van der Waals surface area contributed by atoms with Gasteiger partial charge in [-0.05, 0) is 32.9 Å². The first-order valence-electron chi connectivity index (χ1n) is 7.14. The second kappa shape index (κ2) is 5.75. The van der Waals surface area contributed by atoms with Crippen molar-refractivity contribution in [2.45, 2.75) is 58.1 Å². The van der Waals surface area contributed by atoms with E-state index in [1.54, 1.807) is 0 Å². The van der Waals surface area contributed by atoms with Crippen LogP contribution in [0.15, 0.2) is 24.3 Å². The van der Waals surface area contributed by atoms with Crippen LogP contribution in [0.2, 0.25) is 0 Å². The van der Waals surface area contributed by atoms with Gasteiger partial charge in [-0.25, -0.2) is 0 Å². The van der Waals surface area contributed by atoms with Crippen LogP contribution in [0.25, 0.3) is 0 Å². The predicted octanol–water partition coefficient (Wildman–Crippen LogP) is 4.07. The maximum atomic E-state index is 6.04. The smallest absolute Gasteiger partial charge is 0.124 e. The fourth-order valence-electron chi connectivity index (χ4n) is 2.64. The van der Waals surface area contributed by atoms with Gasteiger partial charge in [0.15, 0.2) is 0 Å². The summed E-state index contributed by atoms with van der Waals surface area (Å²) in [5.74, 6) is 1.04. The lowest BCUT2D eigenvalue weighted by molar-refractivity contribution is 0.0660. The summed E-state index contributed by atoms with van der Waals surface area (Å²) in [6, 6.07) is 8.84. The summed E-state index contributed by atoms with van der Waals surface area (Å²) in [5.41, 5.74) is 1.24. The number of hydrogen-bond acceptors (Lipinski definition) is 2. The third-order valence-corrected chi connectivity index (χ3v) is 3.55. The van der Waals surface area contributed by atoms with E-state index >= 15 is 0 Å². The Morgan fingerprint density at radius 3 is 2.83 bits per heavy atom. The minimum atomic E-state index is -0.0726. The molecule has 1 aliphatic rings. The molecule has 0 amide bonds. The number of hydrogen-bond donors (Lipinski definition) is 1. The van der Waals surface area contributed by atoms with Gasteiger partial charge < -0.3 is 10.1 Å².